The largest absolute Gasteiger partial charge is 0.508 e. The van der Waals surface area contributed by atoms with Gasteiger partial charge < -0.3 is 15.2 Å². The predicted molar refractivity (Wildman–Crippen MR) is 100 cm³/mol. The second-order valence-electron chi connectivity index (χ2n) is 6.80. The van der Waals surface area contributed by atoms with Crippen LogP contribution < -0.4 is 5.56 Å². The number of nitrogens with zero attached hydrogens (tertiary/aromatic N) is 3. The second-order valence-corrected chi connectivity index (χ2v) is 6.80. The van der Waals surface area contributed by atoms with Crippen molar-refractivity contribution in [2.24, 2.45) is 0 Å². The molecule has 0 unspecified atom stereocenters. The molecule has 7 nitrogen and oxygen atoms in total. The first-order chi connectivity index (χ1) is 13.0. The van der Waals surface area contributed by atoms with Gasteiger partial charge in [0.2, 0.25) is 0 Å². The highest BCUT2D eigenvalue weighted by Gasteiger charge is 2.23. The molecular weight excluding hydrogens is 344 g/mol. The monoisotopic (exact) mass is 364 g/mol. The molecule has 0 radical (unpaired) electrons. The molecule has 1 aliphatic heterocycles. The lowest BCUT2D eigenvalue weighted by atomic mass is 10.0. The molecule has 3 N–H and O–H groups in total. The van der Waals surface area contributed by atoms with Crippen molar-refractivity contribution in [3.8, 4) is 22.9 Å². The normalized spacial score (nSPS) is 14.1. The maximum atomic E-state index is 12.6. The van der Waals surface area contributed by atoms with Crippen molar-refractivity contribution < 1.29 is 10.2 Å². The summed E-state index contributed by atoms with van der Waals surface area (Å²) in [6.07, 6.45) is 4.00. The molecule has 1 aliphatic rings. The van der Waals surface area contributed by atoms with Gasteiger partial charge in [-0.3, -0.25) is 14.7 Å². The van der Waals surface area contributed by atoms with Crippen LogP contribution in [0.2, 0.25) is 0 Å². The van der Waals surface area contributed by atoms with Crippen LogP contribution in [-0.4, -0.2) is 36.6 Å². The number of hydrogen-bond acceptors (Lipinski definition) is 6. The average Bonchev–Trinajstić information content (AvgIpc) is 2.65. The molecule has 1 aromatic carbocycles. The van der Waals surface area contributed by atoms with E-state index >= 15 is 0 Å². The van der Waals surface area contributed by atoms with Crippen LogP contribution in [0.4, 0.5) is 0 Å². The number of rotatable bonds is 3. The number of pyridine rings is 1. The van der Waals surface area contributed by atoms with Gasteiger partial charge in [0.15, 0.2) is 0 Å². The molecule has 0 spiro atoms. The minimum Gasteiger partial charge on any atom is -0.508 e. The highest BCUT2D eigenvalue weighted by atomic mass is 16.3. The van der Waals surface area contributed by atoms with Crippen molar-refractivity contribution in [1.82, 2.24) is 19.9 Å². The summed E-state index contributed by atoms with van der Waals surface area (Å²) in [5, 5.41) is 19.7. The van der Waals surface area contributed by atoms with E-state index in [4.69, 9.17) is 0 Å². The van der Waals surface area contributed by atoms with Gasteiger partial charge in [0, 0.05) is 55.6 Å². The van der Waals surface area contributed by atoms with Gasteiger partial charge in [-0.1, -0.05) is 0 Å². The molecule has 4 rings (SSSR count). The maximum absolute atomic E-state index is 12.6. The molecule has 3 aromatic rings. The molecule has 0 amide bonds. The quantitative estimate of drug-likeness (QED) is 0.658. The zero-order valence-electron chi connectivity index (χ0n) is 14.9. The Morgan fingerprint density at radius 1 is 1.22 bits per heavy atom. The van der Waals surface area contributed by atoms with Crippen LogP contribution in [-0.2, 0) is 19.5 Å². The third-order valence-corrected chi connectivity index (χ3v) is 4.92. The Hall–Kier alpha value is -3.19. The van der Waals surface area contributed by atoms with E-state index in [1.165, 1.54) is 6.07 Å². The van der Waals surface area contributed by atoms with E-state index in [0.29, 0.717) is 30.9 Å². The first-order valence-electron chi connectivity index (χ1n) is 8.77. The van der Waals surface area contributed by atoms with Gasteiger partial charge in [0.25, 0.3) is 5.56 Å². The van der Waals surface area contributed by atoms with Crippen LogP contribution in [0.3, 0.4) is 0 Å². The van der Waals surface area contributed by atoms with Gasteiger partial charge in [0.1, 0.15) is 17.3 Å². The first kappa shape index (κ1) is 17.2. The SMILES string of the molecule is Cc1cc(O)cc(O)c1CN1CCc2nc(-c3ccncc3)[nH]c(=O)c2C1. The van der Waals surface area contributed by atoms with Crippen LogP contribution in [0.5, 0.6) is 11.5 Å². The van der Waals surface area contributed by atoms with E-state index in [0.717, 1.165) is 28.9 Å². The molecule has 27 heavy (non-hydrogen) atoms. The number of fused-ring (bicyclic) bond motifs is 1. The number of phenols is 2. The van der Waals surface area contributed by atoms with E-state index in [-0.39, 0.29) is 17.1 Å². The minimum absolute atomic E-state index is 0.0435. The van der Waals surface area contributed by atoms with Gasteiger partial charge in [-0.15, -0.1) is 0 Å². The summed E-state index contributed by atoms with van der Waals surface area (Å²) in [7, 11) is 0. The third kappa shape index (κ3) is 3.41. The van der Waals surface area contributed by atoms with Crippen molar-refractivity contribution in [1.29, 1.82) is 0 Å². The smallest absolute Gasteiger partial charge is 0.255 e. The summed E-state index contributed by atoms with van der Waals surface area (Å²) in [5.41, 5.74) is 3.75. The van der Waals surface area contributed by atoms with Crippen molar-refractivity contribution in [2.45, 2.75) is 26.4 Å². The summed E-state index contributed by atoms with van der Waals surface area (Å²) >= 11 is 0. The summed E-state index contributed by atoms with van der Waals surface area (Å²) in [4.78, 5) is 26.2. The Morgan fingerprint density at radius 3 is 2.74 bits per heavy atom. The van der Waals surface area contributed by atoms with E-state index in [1.807, 2.05) is 19.1 Å². The molecule has 7 heteroatoms. The summed E-state index contributed by atoms with van der Waals surface area (Å²) in [5.74, 6) is 0.669. The van der Waals surface area contributed by atoms with Crippen LogP contribution in [0, 0.1) is 6.92 Å². The molecule has 0 atom stereocenters. The Bertz CT molecular complexity index is 1020. The zero-order chi connectivity index (χ0) is 19.0. The molecule has 3 heterocycles. The van der Waals surface area contributed by atoms with Gasteiger partial charge in [-0.2, -0.15) is 0 Å². The number of aromatic amines is 1. The summed E-state index contributed by atoms with van der Waals surface area (Å²) in [6.45, 7) is 3.55. The van der Waals surface area contributed by atoms with E-state index in [1.54, 1.807) is 18.5 Å². The summed E-state index contributed by atoms with van der Waals surface area (Å²) < 4.78 is 0. The lowest BCUT2D eigenvalue weighted by Crippen LogP contribution is -2.35. The van der Waals surface area contributed by atoms with Gasteiger partial charge in [-0.05, 0) is 30.7 Å². The highest BCUT2D eigenvalue weighted by Crippen LogP contribution is 2.29. The highest BCUT2D eigenvalue weighted by molar-refractivity contribution is 5.54. The molecular formula is C20H20N4O3. The number of aromatic nitrogens is 3. The fourth-order valence-electron chi connectivity index (χ4n) is 3.47. The number of H-pyrrole nitrogens is 1. The predicted octanol–water partition coefficient (Wildman–Crippen LogP) is 2.11. The number of nitrogens with one attached hydrogen (secondary N) is 1. The van der Waals surface area contributed by atoms with E-state index in [9.17, 15) is 15.0 Å². The second kappa shape index (κ2) is 6.85. The summed E-state index contributed by atoms with van der Waals surface area (Å²) in [6, 6.07) is 6.60. The Morgan fingerprint density at radius 2 is 2.00 bits per heavy atom. The molecule has 0 fully saturated rings. The standard InChI is InChI=1S/C20H20N4O3/c1-12-8-14(25)9-18(26)15(12)10-24-7-4-17-16(11-24)20(27)23-19(22-17)13-2-5-21-6-3-13/h2-3,5-6,8-9,25-26H,4,7,10-11H2,1H3,(H,22,23,27). The number of aryl methyl sites for hydroxylation is 1. The molecule has 0 saturated heterocycles. The van der Waals surface area contributed by atoms with Gasteiger partial charge >= 0.3 is 0 Å². The van der Waals surface area contributed by atoms with Crippen molar-refractivity contribution in [3.05, 3.63) is 69.4 Å². The molecule has 138 valence electrons. The van der Waals surface area contributed by atoms with Crippen LogP contribution in [0.1, 0.15) is 22.4 Å². The first-order valence-corrected chi connectivity index (χ1v) is 8.77. The molecule has 2 aromatic heterocycles. The number of hydrogen-bond donors (Lipinski definition) is 3. The van der Waals surface area contributed by atoms with Crippen molar-refractivity contribution in [3.63, 3.8) is 0 Å². The van der Waals surface area contributed by atoms with Crippen LogP contribution in [0.25, 0.3) is 11.4 Å². The van der Waals surface area contributed by atoms with Crippen molar-refractivity contribution >= 4 is 0 Å². The lowest BCUT2D eigenvalue weighted by molar-refractivity contribution is 0.238. The topological polar surface area (TPSA) is 102 Å². The van der Waals surface area contributed by atoms with E-state index < -0.39 is 0 Å². The van der Waals surface area contributed by atoms with Gasteiger partial charge in [-0.25, -0.2) is 4.98 Å². The lowest BCUT2D eigenvalue weighted by Gasteiger charge is -2.28. The molecule has 0 aliphatic carbocycles. The number of aromatic hydroxyl groups is 2. The fourth-order valence-corrected chi connectivity index (χ4v) is 3.47. The Labute approximate surface area is 156 Å². The zero-order valence-corrected chi connectivity index (χ0v) is 14.9. The maximum Gasteiger partial charge on any atom is 0.255 e. The van der Waals surface area contributed by atoms with Gasteiger partial charge in [0.05, 0.1) is 11.3 Å². The van der Waals surface area contributed by atoms with Crippen LogP contribution >= 0.6 is 0 Å². The van der Waals surface area contributed by atoms with Crippen LogP contribution in [0.15, 0.2) is 41.5 Å². The Balaban J connectivity index is 1.60. The number of benzene rings is 1. The van der Waals surface area contributed by atoms with E-state index in [2.05, 4.69) is 19.9 Å². The van der Waals surface area contributed by atoms with Crippen molar-refractivity contribution in [2.75, 3.05) is 6.54 Å². The molecule has 0 saturated carbocycles. The third-order valence-electron chi connectivity index (χ3n) is 4.92. The fraction of sp³-hybridized carbons (Fsp3) is 0.250. The average molecular weight is 364 g/mol. The number of phenolic OH excluding ortho intramolecular Hbond substituents is 2. The Kier molecular flexibility index (Phi) is 4.37. The molecule has 0 bridgehead atoms. The minimum atomic E-state index is -0.136.